The highest BCUT2D eigenvalue weighted by molar-refractivity contribution is 5.94. The maximum absolute atomic E-state index is 12.5. The molecule has 0 radical (unpaired) electrons. The standard InChI is InChI=1S/C20H27NO2/c1-23-12-14-3-2-4-18(8-14)19(22)21-13-20-9-15-5-16(10-20)7-17(6-15)11-20/h2-4,8,15-17H,5-7,9-13H2,1H3,(H,21,22). The number of methoxy groups -OCH3 is 1. The van der Waals surface area contributed by atoms with E-state index in [1.807, 2.05) is 24.3 Å². The summed E-state index contributed by atoms with van der Waals surface area (Å²) in [6.45, 7) is 1.42. The fourth-order valence-corrected chi connectivity index (χ4v) is 5.85. The Morgan fingerprint density at radius 1 is 1.17 bits per heavy atom. The van der Waals surface area contributed by atoms with E-state index in [0.717, 1.165) is 35.4 Å². The maximum Gasteiger partial charge on any atom is 0.251 e. The Hall–Kier alpha value is -1.35. The number of carbonyl (C=O) groups excluding carboxylic acids is 1. The summed E-state index contributed by atoms with van der Waals surface area (Å²) in [5.41, 5.74) is 2.20. The molecule has 0 saturated heterocycles. The summed E-state index contributed by atoms with van der Waals surface area (Å²) >= 11 is 0. The van der Waals surface area contributed by atoms with E-state index in [1.165, 1.54) is 38.5 Å². The lowest BCUT2D eigenvalue weighted by molar-refractivity contribution is -0.0503. The SMILES string of the molecule is COCc1cccc(C(=O)NCC23CC4CC(CC(C4)C2)C3)c1. The Bertz CT molecular complexity index is 560. The van der Waals surface area contributed by atoms with Crippen LogP contribution in [0.5, 0.6) is 0 Å². The van der Waals surface area contributed by atoms with E-state index in [1.54, 1.807) is 7.11 Å². The van der Waals surface area contributed by atoms with Gasteiger partial charge in [0.2, 0.25) is 0 Å². The third kappa shape index (κ3) is 3.03. The second kappa shape index (κ2) is 5.94. The zero-order valence-electron chi connectivity index (χ0n) is 14.0. The van der Waals surface area contributed by atoms with Gasteiger partial charge in [0.1, 0.15) is 0 Å². The molecule has 4 fully saturated rings. The van der Waals surface area contributed by atoms with Crippen LogP contribution in [0.1, 0.15) is 54.4 Å². The third-order valence-electron chi connectivity index (χ3n) is 6.29. The molecule has 1 aromatic carbocycles. The smallest absolute Gasteiger partial charge is 0.251 e. The molecule has 1 N–H and O–H groups in total. The van der Waals surface area contributed by atoms with Gasteiger partial charge in [0, 0.05) is 19.2 Å². The zero-order chi connectivity index (χ0) is 15.9. The van der Waals surface area contributed by atoms with Crippen molar-refractivity contribution in [1.82, 2.24) is 5.32 Å². The van der Waals surface area contributed by atoms with Crippen molar-refractivity contribution in [2.75, 3.05) is 13.7 Å². The van der Waals surface area contributed by atoms with E-state index >= 15 is 0 Å². The molecule has 1 aromatic rings. The number of benzene rings is 1. The van der Waals surface area contributed by atoms with Crippen molar-refractivity contribution in [3.05, 3.63) is 35.4 Å². The van der Waals surface area contributed by atoms with Crippen molar-refractivity contribution in [2.24, 2.45) is 23.2 Å². The summed E-state index contributed by atoms with van der Waals surface area (Å²) in [6.07, 6.45) is 8.36. The maximum atomic E-state index is 12.5. The number of rotatable bonds is 5. The minimum Gasteiger partial charge on any atom is -0.380 e. The van der Waals surface area contributed by atoms with Crippen LogP contribution in [-0.2, 0) is 11.3 Å². The van der Waals surface area contributed by atoms with Gasteiger partial charge >= 0.3 is 0 Å². The van der Waals surface area contributed by atoms with E-state index in [9.17, 15) is 4.79 Å². The first-order valence-corrected chi connectivity index (χ1v) is 9.02. The van der Waals surface area contributed by atoms with Gasteiger partial charge in [-0.1, -0.05) is 12.1 Å². The third-order valence-corrected chi connectivity index (χ3v) is 6.29. The van der Waals surface area contributed by atoms with E-state index in [0.29, 0.717) is 12.0 Å². The molecule has 4 saturated carbocycles. The highest BCUT2D eigenvalue weighted by atomic mass is 16.5. The lowest BCUT2D eigenvalue weighted by atomic mass is 9.49. The first kappa shape index (κ1) is 15.2. The molecule has 3 nitrogen and oxygen atoms in total. The van der Waals surface area contributed by atoms with Crippen molar-refractivity contribution in [3.8, 4) is 0 Å². The van der Waals surface area contributed by atoms with E-state index in [-0.39, 0.29) is 5.91 Å². The molecule has 0 heterocycles. The van der Waals surface area contributed by atoms with Crippen LogP contribution in [-0.4, -0.2) is 19.6 Å². The molecule has 1 amide bonds. The fourth-order valence-electron chi connectivity index (χ4n) is 5.85. The summed E-state index contributed by atoms with van der Waals surface area (Å²) in [5.74, 6) is 2.87. The van der Waals surface area contributed by atoms with Crippen molar-refractivity contribution < 1.29 is 9.53 Å². The molecule has 3 heteroatoms. The fraction of sp³-hybridized carbons (Fsp3) is 0.650. The molecule has 0 aromatic heterocycles. The van der Waals surface area contributed by atoms with Crippen LogP contribution in [0.15, 0.2) is 24.3 Å². The van der Waals surface area contributed by atoms with Gasteiger partial charge in [-0.25, -0.2) is 0 Å². The summed E-state index contributed by atoms with van der Waals surface area (Å²) in [7, 11) is 1.68. The van der Waals surface area contributed by atoms with Gasteiger partial charge in [0.05, 0.1) is 6.61 Å². The number of amides is 1. The predicted octanol–water partition coefficient (Wildman–Crippen LogP) is 3.78. The highest BCUT2D eigenvalue weighted by Crippen LogP contribution is 2.59. The van der Waals surface area contributed by atoms with Crippen LogP contribution >= 0.6 is 0 Å². The van der Waals surface area contributed by atoms with E-state index in [2.05, 4.69) is 5.32 Å². The quantitative estimate of drug-likeness (QED) is 0.898. The van der Waals surface area contributed by atoms with Gasteiger partial charge in [-0.3, -0.25) is 4.79 Å². The molecule has 4 aliphatic carbocycles. The monoisotopic (exact) mass is 313 g/mol. The molecular formula is C20H27NO2. The molecule has 124 valence electrons. The van der Waals surface area contributed by atoms with Crippen molar-refractivity contribution >= 4 is 5.91 Å². The summed E-state index contributed by atoms with van der Waals surface area (Å²) in [5, 5.41) is 3.25. The topological polar surface area (TPSA) is 38.3 Å². The largest absolute Gasteiger partial charge is 0.380 e. The van der Waals surface area contributed by atoms with Crippen LogP contribution in [0, 0.1) is 23.2 Å². The van der Waals surface area contributed by atoms with Crippen molar-refractivity contribution in [3.63, 3.8) is 0 Å². The second-order valence-electron chi connectivity index (χ2n) is 8.23. The molecule has 23 heavy (non-hydrogen) atoms. The van der Waals surface area contributed by atoms with Gasteiger partial charge < -0.3 is 10.1 Å². The Morgan fingerprint density at radius 3 is 2.43 bits per heavy atom. The van der Waals surface area contributed by atoms with Crippen LogP contribution in [0.3, 0.4) is 0 Å². The minimum absolute atomic E-state index is 0.0682. The average Bonchev–Trinajstić information content (AvgIpc) is 2.52. The van der Waals surface area contributed by atoms with Gasteiger partial charge in [-0.2, -0.15) is 0 Å². The first-order chi connectivity index (χ1) is 11.2. The predicted molar refractivity (Wildman–Crippen MR) is 90.1 cm³/mol. The molecule has 0 atom stereocenters. The summed E-state index contributed by atoms with van der Waals surface area (Å²) in [4.78, 5) is 12.5. The molecule has 5 rings (SSSR count). The normalized spacial score (nSPS) is 34.6. The number of carbonyl (C=O) groups is 1. The number of hydrogen-bond donors (Lipinski definition) is 1. The Balaban J connectivity index is 1.41. The average molecular weight is 313 g/mol. The highest BCUT2D eigenvalue weighted by Gasteiger charge is 2.50. The number of hydrogen-bond acceptors (Lipinski definition) is 2. The van der Waals surface area contributed by atoms with Gasteiger partial charge in [-0.05, 0) is 79.4 Å². The Morgan fingerprint density at radius 2 is 1.83 bits per heavy atom. The summed E-state index contributed by atoms with van der Waals surface area (Å²) < 4.78 is 5.16. The first-order valence-electron chi connectivity index (χ1n) is 9.02. The van der Waals surface area contributed by atoms with Gasteiger partial charge in [0.15, 0.2) is 0 Å². The lowest BCUT2D eigenvalue weighted by Crippen LogP contribution is -2.51. The second-order valence-corrected chi connectivity index (χ2v) is 8.23. The van der Waals surface area contributed by atoms with Crippen molar-refractivity contribution in [2.45, 2.75) is 45.1 Å². The molecule has 4 aliphatic rings. The molecule has 0 spiro atoms. The zero-order valence-corrected chi connectivity index (χ0v) is 14.0. The number of ether oxygens (including phenoxy) is 1. The number of nitrogens with one attached hydrogen (secondary N) is 1. The Labute approximate surface area is 138 Å². The molecule has 0 aliphatic heterocycles. The molecule has 4 bridgehead atoms. The van der Waals surface area contributed by atoms with Crippen LogP contribution in [0.25, 0.3) is 0 Å². The molecular weight excluding hydrogens is 286 g/mol. The van der Waals surface area contributed by atoms with Gasteiger partial charge in [-0.15, -0.1) is 0 Å². The Kier molecular flexibility index (Phi) is 3.92. The van der Waals surface area contributed by atoms with Crippen LogP contribution in [0.4, 0.5) is 0 Å². The van der Waals surface area contributed by atoms with E-state index in [4.69, 9.17) is 4.74 Å². The molecule has 0 unspecified atom stereocenters. The van der Waals surface area contributed by atoms with Crippen LogP contribution < -0.4 is 5.32 Å². The summed E-state index contributed by atoms with van der Waals surface area (Å²) in [6, 6.07) is 7.78. The van der Waals surface area contributed by atoms with Crippen LogP contribution in [0.2, 0.25) is 0 Å². The van der Waals surface area contributed by atoms with Crippen molar-refractivity contribution in [1.29, 1.82) is 0 Å². The minimum atomic E-state index is 0.0682. The van der Waals surface area contributed by atoms with Gasteiger partial charge in [0.25, 0.3) is 5.91 Å². The van der Waals surface area contributed by atoms with E-state index < -0.39 is 0 Å². The lowest BCUT2D eigenvalue weighted by Gasteiger charge is -2.56.